The first-order valence-electron chi connectivity index (χ1n) is 6.40. The Morgan fingerprint density at radius 3 is 2.63 bits per heavy atom. The molecule has 2 aromatic rings. The van der Waals surface area contributed by atoms with Gasteiger partial charge in [-0.1, -0.05) is 44.1 Å². The molecule has 0 saturated heterocycles. The van der Waals surface area contributed by atoms with Gasteiger partial charge in [0.05, 0.1) is 12.7 Å². The number of aromatic nitrogens is 1. The number of rotatable bonds is 4. The van der Waals surface area contributed by atoms with Crippen LogP contribution >= 0.6 is 0 Å². The molecule has 1 aromatic heterocycles. The molecule has 0 aliphatic carbocycles. The molecule has 0 bridgehead atoms. The molecule has 102 valence electrons. The molecule has 0 unspecified atom stereocenters. The summed E-state index contributed by atoms with van der Waals surface area (Å²) in [5, 5.41) is 3.93. The molecule has 0 radical (unpaired) electrons. The van der Waals surface area contributed by atoms with Gasteiger partial charge in [0.1, 0.15) is 5.75 Å². The molecule has 0 saturated carbocycles. The number of nitrogens with two attached hydrogens (primary N) is 1. The molecule has 1 heterocycles. The van der Waals surface area contributed by atoms with Crippen LogP contribution in [-0.2, 0) is 5.41 Å². The second-order valence-corrected chi connectivity index (χ2v) is 5.21. The van der Waals surface area contributed by atoms with E-state index in [0.29, 0.717) is 5.82 Å². The fraction of sp³-hybridized carbons (Fsp3) is 0.400. The van der Waals surface area contributed by atoms with Gasteiger partial charge in [-0.3, -0.25) is 0 Å². The van der Waals surface area contributed by atoms with Crippen molar-refractivity contribution in [3.63, 3.8) is 0 Å². The molecular weight excluding hydrogens is 240 g/mol. The van der Waals surface area contributed by atoms with E-state index in [-0.39, 0.29) is 5.41 Å². The number of hydrogen-bond donors (Lipinski definition) is 1. The third kappa shape index (κ3) is 2.30. The van der Waals surface area contributed by atoms with Crippen LogP contribution in [0, 0.1) is 0 Å². The van der Waals surface area contributed by atoms with Gasteiger partial charge in [0.25, 0.3) is 0 Å². The maximum atomic E-state index is 5.99. The van der Waals surface area contributed by atoms with E-state index in [4.69, 9.17) is 15.0 Å². The van der Waals surface area contributed by atoms with Gasteiger partial charge in [-0.15, -0.1) is 0 Å². The van der Waals surface area contributed by atoms with Gasteiger partial charge in [-0.05, 0) is 12.5 Å². The molecule has 0 aliphatic heterocycles. The first-order valence-corrected chi connectivity index (χ1v) is 6.40. The predicted molar refractivity (Wildman–Crippen MR) is 76.2 cm³/mol. The Balaban J connectivity index is 2.66. The van der Waals surface area contributed by atoms with Gasteiger partial charge in [0.2, 0.25) is 0 Å². The second kappa shape index (κ2) is 4.96. The summed E-state index contributed by atoms with van der Waals surface area (Å²) >= 11 is 0. The number of anilines is 1. The van der Waals surface area contributed by atoms with Crippen molar-refractivity contribution in [1.82, 2.24) is 5.16 Å². The molecule has 19 heavy (non-hydrogen) atoms. The first kappa shape index (κ1) is 13.5. The van der Waals surface area contributed by atoms with Crippen LogP contribution in [0.2, 0.25) is 0 Å². The fourth-order valence-electron chi connectivity index (χ4n) is 2.04. The van der Waals surface area contributed by atoms with Gasteiger partial charge in [-0.25, -0.2) is 0 Å². The van der Waals surface area contributed by atoms with Gasteiger partial charge in [-0.2, -0.15) is 0 Å². The molecular formula is C15H20N2O2. The third-order valence-electron chi connectivity index (χ3n) is 3.59. The molecule has 0 fully saturated rings. The van der Waals surface area contributed by atoms with E-state index in [9.17, 15) is 0 Å². The minimum absolute atomic E-state index is 0.124. The van der Waals surface area contributed by atoms with Crippen LogP contribution in [0.1, 0.15) is 33.0 Å². The average molecular weight is 260 g/mol. The largest absolute Gasteiger partial charge is 0.496 e. The summed E-state index contributed by atoms with van der Waals surface area (Å²) in [6.07, 6.45) is 0.934. The normalized spacial score (nSPS) is 11.6. The summed E-state index contributed by atoms with van der Waals surface area (Å²) in [7, 11) is 1.65. The van der Waals surface area contributed by atoms with E-state index < -0.39 is 0 Å². The van der Waals surface area contributed by atoms with E-state index >= 15 is 0 Å². The quantitative estimate of drug-likeness (QED) is 0.912. The molecule has 2 N–H and O–H groups in total. The number of nitrogen functional groups attached to an aromatic ring is 1. The van der Waals surface area contributed by atoms with Crippen molar-refractivity contribution in [3.05, 3.63) is 30.0 Å². The van der Waals surface area contributed by atoms with Crippen LogP contribution < -0.4 is 10.5 Å². The Hall–Kier alpha value is -1.97. The maximum absolute atomic E-state index is 5.99. The molecule has 0 spiro atoms. The molecule has 0 aliphatic rings. The Morgan fingerprint density at radius 1 is 1.32 bits per heavy atom. The predicted octanol–water partition coefficient (Wildman–Crippen LogP) is 3.62. The Kier molecular flexibility index (Phi) is 3.51. The minimum Gasteiger partial charge on any atom is -0.496 e. The maximum Gasteiger partial charge on any atom is 0.175 e. The summed E-state index contributed by atoms with van der Waals surface area (Å²) in [6.45, 7) is 6.35. The van der Waals surface area contributed by atoms with E-state index in [2.05, 4.69) is 25.9 Å². The number of benzene rings is 1. The van der Waals surface area contributed by atoms with E-state index in [0.717, 1.165) is 29.1 Å². The first-order chi connectivity index (χ1) is 9.01. The van der Waals surface area contributed by atoms with Crippen LogP contribution in [0.15, 0.2) is 28.8 Å². The van der Waals surface area contributed by atoms with Crippen molar-refractivity contribution in [2.45, 2.75) is 32.6 Å². The topological polar surface area (TPSA) is 61.3 Å². The zero-order valence-corrected chi connectivity index (χ0v) is 11.9. The zero-order valence-electron chi connectivity index (χ0n) is 11.9. The summed E-state index contributed by atoms with van der Waals surface area (Å²) in [6, 6.07) is 7.76. The van der Waals surface area contributed by atoms with Crippen molar-refractivity contribution in [2.24, 2.45) is 0 Å². The summed E-state index contributed by atoms with van der Waals surface area (Å²) in [5.74, 6) is 1.98. The Morgan fingerprint density at radius 2 is 2.00 bits per heavy atom. The Labute approximate surface area is 113 Å². The number of hydrogen-bond acceptors (Lipinski definition) is 4. The minimum atomic E-state index is -0.124. The highest BCUT2D eigenvalue weighted by molar-refractivity contribution is 5.80. The highest BCUT2D eigenvalue weighted by atomic mass is 16.5. The molecule has 4 heteroatoms. The smallest absolute Gasteiger partial charge is 0.175 e. The molecule has 2 rings (SSSR count). The summed E-state index contributed by atoms with van der Waals surface area (Å²) < 4.78 is 10.9. The SMILES string of the molecule is CCC(C)(C)c1onc(N)c1-c1ccccc1OC. The lowest BCUT2D eigenvalue weighted by Gasteiger charge is -2.21. The van der Waals surface area contributed by atoms with Crippen LogP contribution in [0.4, 0.5) is 5.82 Å². The van der Waals surface area contributed by atoms with Gasteiger partial charge < -0.3 is 15.0 Å². The third-order valence-corrected chi connectivity index (χ3v) is 3.59. The van der Waals surface area contributed by atoms with Crippen LogP contribution in [-0.4, -0.2) is 12.3 Å². The van der Waals surface area contributed by atoms with Crippen LogP contribution in [0.5, 0.6) is 5.75 Å². The number of methoxy groups -OCH3 is 1. The van der Waals surface area contributed by atoms with E-state index in [1.165, 1.54) is 0 Å². The van der Waals surface area contributed by atoms with Gasteiger partial charge >= 0.3 is 0 Å². The number of para-hydroxylation sites is 1. The Bertz CT molecular complexity index is 573. The van der Waals surface area contributed by atoms with Crippen molar-refractivity contribution in [1.29, 1.82) is 0 Å². The molecule has 0 atom stereocenters. The van der Waals surface area contributed by atoms with Crippen LogP contribution in [0.3, 0.4) is 0 Å². The lowest BCUT2D eigenvalue weighted by Crippen LogP contribution is -2.15. The molecule has 4 nitrogen and oxygen atoms in total. The van der Waals surface area contributed by atoms with E-state index in [1.807, 2.05) is 24.3 Å². The number of nitrogens with zero attached hydrogens (tertiary/aromatic N) is 1. The van der Waals surface area contributed by atoms with Gasteiger partial charge in [0, 0.05) is 11.0 Å². The zero-order chi connectivity index (χ0) is 14.0. The fourth-order valence-corrected chi connectivity index (χ4v) is 2.04. The summed E-state index contributed by atoms with van der Waals surface area (Å²) in [5.41, 5.74) is 7.62. The summed E-state index contributed by atoms with van der Waals surface area (Å²) in [4.78, 5) is 0. The van der Waals surface area contributed by atoms with Crippen molar-refractivity contribution in [2.75, 3.05) is 12.8 Å². The molecule has 1 aromatic carbocycles. The van der Waals surface area contributed by atoms with E-state index in [1.54, 1.807) is 7.11 Å². The average Bonchev–Trinajstić information content (AvgIpc) is 2.81. The van der Waals surface area contributed by atoms with Crippen molar-refractivity contribution >= 4 is 5.82 Å². The lowest BCUT2D eigenvalue weighted by molar-refractivity contribution is 0.313. The standard InChI is InChI=1S/C15H20N2O2/c1-5-15(2,3)13-12(14(16)17-19-13)10-8-6-7-9-11(10)18-4/h6-9H,5H2,1-4H3,(H2,16,17). The van der Waals surface area contributed by atoms with Crippen molar-refractivity contribution in [3.8, 4) is 16.9 Å². The highest BCUT2D eigenvalue weighted by Gasteiger charge is 2.30. The monoisotopic (exact) mass is 260 g/mol. The lowest BCUT2D eigenvalue weighted by atomic mass is 9.83. The van der Waals surface area contributed by atoms with Crippen LogP contribution in [0.25, 0.3) is 11.1 Å². The van der Waals surface area contributed by atoms with Crippen molar-refractivity contribution < 1.29 is 9.26 Å². The second-order valence-electron chi connectivity index (χ2n) is 5.21. The van der Waals surface area contributed by atoms with Gasteiger partial charge in [0.15, 0.2) is 11.6 Å². The number of ether oxygens (including phenoxy) is 1. The molecule has 0 amide bonds. The highest BCUT2D eigenvalue weighted by Crippen LogP contribution is 2.42.